The van der Waals surface area contributed by atoms with E-state index in [9.17, 15) is 18.0 Å². The predicted octanol–water partition coefficient (Wildman–Crippen LogP) is 3.77. The van der Waals surface area contributed by atoms with E-state index in [1.807, 2.05) is 0 Å². The van der Waals surface area contributed by atoms with E-state index in [0.29, 0.717) is 18.4 Å². The highest BCUT2D eigenvalue weighted by atomic mass is 19.4. The first kappa shape index (κ1) is 13.9. The summed E-state index contributed by atoms with van der Waals surface area (Å²) < 4.78 is 44.4. The Morgan fingerprint density at radius 1 is 1.26 bits per heavy atom. The van der Waals surface area contributed by atoms with Crippen molar-refractivity contribution in [2.45, 2.75) is 44.9 Å². The minimum absolute atomic E-state index is 0.000926. The molecule has 1 aliphatic rings. The number of Topliss-reactive ketones (excluding diaryl/α,β-unsaturated/α-hetero) is 1. The molecule has 2 rings (SSSR count). The Kier molecular flexibility index (Phi) is 3.32. The number of rotatable bonds is 2. The van der Waals surface area contributed by atoms with Gasteiger partial charge in [0.15, 0.2) is 11.4 Å². The molecule has 0 unspecified atom stereocenters. The van der Waals surface area contributed by atoms with Gasteiger partial charge in [0.2, 0.25) is 0 Å². The first-order chi connectivity index (χ1) is 8.84. The highest BCUT2D eigenvalue weighted by Gasteiger charge is 2.45. The van der Waals surface area contributed by atoms with Crippen molar-refractivity contribution in [2.24, 2.45) is 0 Å². The SMILES string of the molecule is CCC1(CC)Oc2c(cccc2C(F)(F)F)CC1=O. The van der Waals surface area contributed by atoms with Gasteiger partial charge in [-0.05, 0) is 18.9 Å². The van der Waals surface area contributed by atoms with Gasteiger partial charge in [0, 0.05) is 12.0 Å². The zero-order chi connectivity index (χ0) is 14.3. The van der Waals surface area contributed by atoms with Crippen LogP contribution in [0, 0.1) is 0 Å². The van der Waals surface area contributed by atoms with E-state index in [-0.39, 0.29) is 18.0 Å². The summed E-state index contributed by atoms with van der Waals surface area (Å²) in [6.45, 7) is 3.51. The van der Waals surface area contributed by atoms with Crippen molar-refractivity contribution < 1.29 is 22.7 Å². The molecule has 0 atom stereocenters. The van der Waals surface area contributed by atoms with Crippen LogP contribution in [-0.2, 0) is 17.4 Å². The fourth-order valence-electron chi connectivity index (χ4n) is 2.44. The molecule has 0 amide bonds. The molecule has 0 saturated heterocycles. The molecule has 104 valence electrons. The molecule has 1 aromatic carbocycles. The van der Waals surface area contributed by atoms with E-state index >= 15 is 0 Å². The molecular weight excluding hydrogens is 257 g/mol. The Morgan fingerprint density at radius 3 is 2.42 bits per heavy atom. The normalized spacial score (nSPS) is 17.8. The topological polar surface area (TPSA) is 26.3 Å². The lowest BCUT2D eigenvalue weighted by molar-refractivity contribution is -0.146. The lowest BCUT2D eigenvalue weighted by Crippen LogP contribution is -2.47. The molecule has 1 aromatic rings. The molecule has 0 fully saturated rings. The number of halogens is 3. The second-order valence-electron chi connectivity index (χ2n) is 4.69. The van der Waals surface area contributed by atoms with E-state index in [2.05, 4.69) is 0 Å². The fraction of sp³-hybridized carbons (Fsp3) is 0.500. The number of hydrogen-bond acceptors (Lipinski definition) is 2. The van der Waals surface area contributed by atoms with Crippen LogP contribution in [0.3, 0.4) is 0 Å². The molecule has 0 saturated carbocycles. The van der Waals surface area contributed by atoms with E-state index in [4.69, 9.17) is 4.74 Å². The Labute approximate surface area is 109 Å². The molecule has 0 radical (unpaired) electrons. The first-order valence-electron chi connectivity index (χ1n) is 6.25. The van der Waals surface area contributed by atoms with Gasteiger partial charge in [0.1, 0.15) is 5.75 Å². The van der Waals surface area contributed by atoms with Crippen LogP contribution >= 0.6 is 0 Å². The molecule has 1 aliphatic heterocycles. The lowest BCUT2D eigenvalue weighted by Gasteiger charge is -2.37. The van der Waals surface area contributed by atoms with Gasteiger partial charge < -0.3 is 4.74 Å². The second-order valence-corrected chi connectivity index (χ2v) is 4.69. The average molecular weight is 272 g/mol. The Balaban J connectivity index is 2.56. The average Bonchev–Trinajstić information content (AvgIpc) is 2.36. The third kappa shape index (κ3) is 2.22. The number of alkyl halides is 3. The summed E-state index contributed by atoms with van der Waals surface area (Å²) in [5.41, 5.74) is -1.60. The van der Waals surface area contributed by atoms with Gasteiger partial charge in [-0.1, -0.05) is 26.0 Å². The maximum absolute atomic E-state index is 13.0. The number of carbonyl (C=O) groups excluding carboxylic acids is 1. The Bertz CT molecular complexity index is 502. The monoisotopic (exact) mass is 272 g/mol. The molecule has 1 heterocycles. The van der Waals surface area contributed by atoms with Crippen LogP contribution in [0.2, 0.25) is 0 Å². The Morgan fingerprint density at radius 2 is 1.89 bits per heavy atom. The summed E-state index contributed by atoms with van der Waals surface area (Å²) in [5, 5.41) is 0. The van der Waals surface area contributed by atoms with Crippen molar-refractivity contribution >= 4 is 5.78 Å². The van der Waals surface area contributed by atoms with Gasteiger partial charge in [-0.2, -0.15) is 13.2 Å². The van der Waals surface area contributed by atoms with Crippen molar-refractivity contribution in [1.29, 1.82) is 0 Å². The molecule has 0 bridgehead atoms. The van der Waals surface area contributed by atoms with E-state index in [1.54, 1.807) is 13.8 Å². The summed E-state index contributed by atoms with van der Waals surface area (Å²) in [7, 11) is 0. The van der Waals surface area contributed by atoms with Crippen LogP contribution < -0.4 is 4.74 Å². The number of carbonyl (C=O) groups is 1. The molecule has 5 heteroatoms. The summed E-state index contributed by atoms with van der Waals surface area (Å²) in [6, 6.07) is 3.81. The fourth-order valence-corrected chi connectivity index (χ4v) is 2.44. The number of fused-ring (bicyclic) bond motifs is 1. The molecule has 19 heavy (non-hydrogen) atoms. The van der Waals surface area contributed by atoms with Gasteiger partial charge in [0.25, 0.3) is 0 Å². The van der Waals surface area contributed by atoms with Crippen molar-refractivity contribution in [3.05, 3.63) is 29.3 Å². The second kappa shape index (κ2) is 4.54. The maximum Gasteiger partial charge on any atom is 0.419 e. The molecule has 0 aliphatic carbocycles. The van der Waals surface area contributed by atoms with Gasteiger partial charge in [-0.25, -0.2) is 0 Å². The number of para-hydroxylation sites is 1. The summed E-state index contributed by atoms with van der Waals surface area (Å²) in [6.07, 6.45) is -3.73. The predicted molar refractivity (Wildman–Crippen MR) is 64.1 cm³/mol. The Hall–Kier alpha value is -1.52. The van der Waals surface area contributed by atoms with Crippen LogP contribution in [0.5, 0.6) is 5.75 Å². The molecule has 0 N–H and O–H groups in total. The van der Waals surface area contributed by atoms with E-state index in [1.165, 1.54) is 12.1 Å². The van der Waals surface area contributed by atoms with Crippen molar-refractivity contribution in [1.82, 2.24) is 0 Å². The third-order valence-electron chi connectivity index (χ3n) is 3.70. The molecular formula is C14H15F3O2. The quantitative estimate of drug-likeness (QED) is 0.819. The zero-order valence-electron chi connectivity index (χ0n) is 10.8. The molecule has 0 aromatic heterocycles. The van der Waals surface area contributed by atoms with Crippen molar-refractivity contribution in [2.75, 3.05) is 0 Å². The van der Waals surface area contributed by atoms with Crippen molar-refractivity contribution in [3.8, 4) is 5.75 Å². The van der Waals surface area contributed by atoms with Gasteiger partial charge in [-0.15, -0.1) is 0 Å². The lowest BCUT2D eigenvalue weighted by atomic mass is 9.84. The summed E-state index contributed by atoms with van der Waals surface area (Å²) in [5.74, 6) is -0.331. The number of hydrogen-bond donors (Lipinski definition) is 0. The number of ketones is 1. The van der Waals surface area contributed by atoms with Crippen LogP contribution in [0.15, 0.2) is 18.2 Å². The highest BCUT2D eigenvalue weighted by Crippen LogP contribution is 2.43. The smallest absolute Gasteiger partial charge is 0.419 e. The zero-order valence-corrected chi connectivity index (χ0v) is 10.8. The standard InChI is InChI=1S/C14H15F3O2/c1-3-13(4-2)11(18)8-9-6-5-7-10(12(9)19-13)14(15,16)17/h5-7H,3-4,8H2,1-2H3. The highest BCUT2D eigenvalue weighted by molar-refractivity contribution is 5.91. The largest absolute Gasteiger partial charge is 0.479 e. The van der Waals surface area contributed by atoms with E-state index in [0.717, 1.165) is 6.07 Å². The van der Waals surface area contributed by atoms with Gasteiger partial charge in [0.05, 0.1) is 5.56 Å². The van der Waals surface area contributed by atoms with E-state index < -0.39 is 17.3 Å². The van der Waals surface area contributed by atoms with Gasteiger partial charge >= 0.3 is 6.18 Å². The minimum atomic E-state index is -4.47. The first-order valence-corrected chi connectivity index (χ1v) is 6.25. The third-order valence-corrected chi connectivity index (χ3v) is 3.70. The maximum atomic E-state index is 13.0. The number of ether oxygens (including phenoxy) is 1. The summed E-state index contributed by atoms with van der Waals surface area (Å²) in [4.78, 5) is 12.1. The van der Waals surface area contributed by atoms with Crippen LogP contribution in [-0.4, -0.2) is 11.4 Å². The molecule has 2 nitrogen and oxygen atoms in total. The van der Waals surface area contributed by atoms with Crippen LogP contribution in [0.4, 0.5) is 13.2 Å². The van der Waals surface area contributed by atoms with Crippen LogP contribution in [0.1, 0.15) is 37.8 Å². The molecule has 0 spiro atoms. The van der Waals surface area contributed by atoms with Crippen LogP contribution in [0.25, 0.3) is 0 Å². The summed E-state index contributed by atoms with van der Waals surface area (Å²) >= 11 is 0. The van der Waals surface area contributed by atoms with Crippen molar-refractivity contribution in [3.63, 3.8) is 0 Å². The minimum Gasteiger partial charge on any atom is -0.479 e. The number of benzene rings is 1. The van der Waals surface area contributed by atoms with Gasteiger partial charge in [-0.3, -0.25) is 4.79 Å².